The zero-order valence-corrected chi connectivity index (χ0v) is 6.16. The van der Waals surface area contributed by atoms with E-state index in [1.165, 1.54) is 6.21 Å². The van der Waals surface area contributed by atoms with E-state index in [0.717, 1.165) is 6.42 Å². The largest absolute Gasteiger partial charge is 0.411 e. The van der Waals surface area contributed by atoms with Crippen molar-refractivity contribution in [3.8, 4) is 0 Å². The molecule has 3 heteroatoms. The monoisotopic (exact) mass is 143 g/mol. The lowest BCUT2D eigenvalue weighted by atomic mass is 10.3. The fraction of sp³-hybridized carbons (Fsp3) is 0.571. The summed E-state index contributed by atoms with van der Waals surface area (Å²) in [5, 5.41) is 10.8. The van der Waals surface area contributed by atoms with E-state index >= 15 is 0 Å². The lowest BCUT2D eigenvalue weighted by molar-refractivity contribution is 0.0991. The average Bonchev–Trinajstić information content (AvgIpc) is 1.89. The Balaban J connectivity index is 3.20. The number of hydrogen-bond donors (Lipinski definition) is 1. The molecule has 0 heterocycles. The van der Waals surface area contributed by atoms with Gasteiger partial charge in [-0.2, -0.15) is 0 Å². The SMILES string of the molecule is C=CC[C@H](C)OC/C=N\O. The van der Waals surface area contributed by atoms with Gasteiger partial charge in [-0.1, -0.05) is 11.2 Å². The first-order valence-corrected chi connectivity index (χ1v) is 3.19. The van der Waals surface area contributed by atoms with Gasteiger partial charge in [0.05, 0.1) is 18.9 Å². The van der Waals surface area contributed by atoms with E-state index in [2.05, 4.69) is 11.7 Å². The lowest BCUT2D eigenvalue weighted by Gasteiger charge is -2.06. The molecule has 0 saturated heterocycles. The van der Waals surface area contributed by atoms with Crippen molar-refractivity contribution in [2.75, 3.05) is 6.61 Å². The topological polar surface area (TPSA) is 41.8 Å². The molecule has 0 unspecified atom stereocenters. The van der Waals surface area contributed by atoms with Gasteiger partial charge in [-0.3, -0.25) is 0 Å². The summed E-state index contributed by atoms with van der Waals surface area (Å²) in [6.07, 6.45) is 4.06. The second-order valence-electron chi connectivity index (χ2n) is 1.97. The van der Waals surface area contributed by atoms with Gasteiger partial charge in [-0.05, 0) is 13.3 Å². The van der Waals surface area contributed by atoms with Gasteiger partial charge in [0.2, 0.25) is 0 Å². The van der Waals surface area contributed by atoms with Crippen LogP contribution >= 0.6 is 0 Å². The van der Waals surface area contributed by atoms with Crippen LogP contribution < -0.4 is 0 Å². The van der Waals surface area contributed by atoms with Gasteiger partial charge >= 0.3 is 0 Å². The maximum Gasteiger partial charge on any atom is 0.0855 e. The maximum atomic E-state index is 7.98. The second-order valence-corrected chi connectivity index (χ2v) is 1.97. The Morgan fingerprint density at radius 1 is 1.80 bits per heavy atom. The van der Waals surface area contributed by atoms with Crippen LogP contribution in [0.5, 0.6) is 0 Å². The van der Waals surface area contributed by atoms with E-state index in [1.807, 2.05) is 6.92 Å². The first-order chi connectivity index (χ1) is 4.81. The average molecular weight is 143 g/mol. The minimum Gasteiger partial charge on any atom is -0.411 e. The van der Waals surface area contributed by atoms with Crippen LogP contribution in [-0.2, 0) is 4.74 Å². The molecule has 0 aromatic carbocycles. The highest BCUT2D eigenvalue weighted by Gasteiger charge is 1.95. The van der Waals surface area contributed by atoms with E-state index in [1.54, 1.807) is 6.08 Å². The Hall–Kier alpha value is -0.830. The van der Waals surface area contributed by atoms with E-state index in [0.29, 0.717) is 6.61 Å². The number of nitrogens with zero attached hydrogens (tertiary/aromatic N) is 1. The van der Waals surface area contributed by atoms with Crippen LogP contribution in [0.15, 0.2) is 17.8 Å². The molecule has 0 rings (SSSR count). The fourth-order valence-electron chi connectivity index (χ4n) is 0.543. The second kappa shape index (κ2) is 6.29. The van der Waals surface area contributed by atoms with E-state index in [9.17, 15) is 0 Å². The molecule has 1 N–H and O–H groups in total. The molecule has 0 aliphatic heterocycles. The highest BCUT2D eigenvalue weighted by Crippen LogP contribution is 1.95. The molecule has 0 bridgehead atoms. The molecule has 1 atom stereocenters. The quantitative estimate of drug-likeness (QED) is 0.274. The van der Waals surface area contributed by atoms with Crippen molar-refractivity contribution in [2.24, 2.45) is 5.16 Å². The first-order valence-electron chi connectivity index (χ1n) is 3.19. The highest BCUT2D eigenvalue weighted by molar-refractivity contribution is 5.57. The predicted octanol–water partition coefficient (Wildman–Crippen LogP) is 1.43. The lowest BCUT2D eigenvalue weighted by Crippen LogP contribution is -2.08. The minimum atomic E-state index is 0.149. The third-order valence-electron chi connectivity index (χ3n) is 1.04. The molecule has 0 aromatic rings. The highest BCUT2D eigenvalue weighted by atomic mass is 16.5. The fourth-order valence-corrected chi connectivity index (χ4v) is 0.543. The van der Waals surface area contributed by atoms with Crippen molar-refractivity contribution < 1.29 is 9.94 Å². The minimum absolute atomic E-state index is 0.149. The summed E-state index contributed by atoms with van der Waals surface area (Å²) in [5.41, 5.74) is 0. The van der Waals surface area contributed by atoms with Crippen molar-refractivity contribution >= 4 is 6.21 Å². The van der Waals surface area contributed by atoms with Gasteiger partial charge in [0.15, 0.2) is 0 Å². The molecule has 0 spiro atoms. The van der Waals surface area contributed by atoms with Crippen LogP contribution in [0, 0.1) is 0 Å². The molecule has 0 fully saturated rings. The van der Waals surface area contributed by atoms with Gasteiger partial charge in [-0.15, -0.1) is 6.58 Å². The maximum absolute atomic E-state index is 7.98. The summed E-state index contributed by atoms with van der Waals surface area (Å²) in [6, 6.07) is 0. The van der Waals surface area contributed by atoms with Crippen LogP contribution in [0.3, 0.4) is 0 Å². The number of ether oxygens (including phenoxy) is 1. The van der Waals surface area contributed by atoms with Crippen molar-refractivity contribution in [2.45, 2.75) is 19.4 Å². The van der Waals surface area contributed by atoms with E-state index < -0.39 is 0 Å². The zero-order chi connectivity index (χ0) is 7.82. The molecule has 58 valence electrons. The Morgan fingerprint density at radius 2 is 2.50 bits per heavy atom. The third-order valence-corrected chi connectivity index (χ3v) is 1.04. The smallest absolute Gasteiger partial charge is 0.0855 e. The Bertz CT molecular complexity index is 112. The molecule has 0 radical (unpaired) electrons. The van der Waals surface area contributed by atoms with Crippen LogP contribution in [0.1, 0.15) is 13.3 Å². The van der Waals surface area contributed by atoms with Crippen LogP contribution in [-0.4, -0.2) is 24.1 Å². The Labute approximate surface area is 61.0 Å². The normalized spacial score (nSPS) is 13.7. The molecule has 0 saturated carbocycles. The summed E-state index contributed by atoms with van der Waals surface area (Å²) in [5.74, 6) is 0. The van der Waals surface area contributed by atoms with Crippen molar-refractivity contribution in [1.82, 2.24) is 0 Å². The standard InChI is InChI=1S/C7H13NO2/c1-3-4-7(2)10-6-5-8-9/h3,5,7,9H,1,4,6H2,2H3/b8-5-/t7-/m0/s1. The summed E-state index contributed by atoms with van der Waals surface area (Å²) in [4.78, 5) is 0. The molecular weight excluding hydrogens is 130 g/mol. The van der Waals surface area contributed by atoms with Crippen molar-refractivity contribution in [3.05, 3.63) is 12.7 Å². The summed E-state index contributed by atoms with van der Waals surface area (Å²) in [7, 11) is 0. The summed E-state index contributed by atoms with van der Waals surface area (Å²) < 4.78 is 5.14. The van der Waals surface area contributed by atoms with E-state index in [-0.39, 0.29) is 6.10 Å². The molecule has 0 aromatic heterocycles. The number of rotatable bonds is 5. The van der Waals surface area contributed by atoms with Gasteiger partial charge in [-0.25, -0.2) is 0 Å². The van der Waals surface area contributed by atoms with Crippen LogP contribution in [0.25, 0.3) is 0 Å². The third kappa shape index (κ3) is 5.31. The van der Waals surface area contributed by atoms with Gasteiger partial charge < -0.3 is 9.94 Å². The van der Waals surface area contributed by atoms with E-state index in [4.69, 9.17) is 9.94 Å². The van der Waals surface area contributed by atoms with Crippen LogP contribution in [0.4, 0.5) is 0 Å². The molecular formula is C7H13NO2. The van der Waals surface area contributed by atoms with Crippen molar-refractivity contribution in [1.29, 1.82) is 0 Å². The van der Waals surface area contributed by atoms with Crippen LogP contribution in [0.2, 0.25) is 0 Å². The van der Waals surface area contributed by atoms with Gasteiger partial charge in [0, 0.05) is 0 Å². The zero-order valence-electron chi connectivity index (χ0n) is 6.16. The Morgan fingerprint density at radius 3 is 3.00 bits per heavy atom. The number of hydrogen-bond acceptors (Lipinski definition) is 3. The first kappa shape index (κ1) is 9.17. The molecule has 3 nitrogen and oxygen atoms in total. The predicted molar refractivity (Wildman–Crippen MR) is 40.5 cm³/mol. The summed E-state index contributed by atoms with van der Waals surface area (Å²) in [6.45, 7) is 5.86. The molecule has 10 heavy (non-hydrogen) atoms. The van der Waals surface area contributed by atoms with Gasteiger partial charge in [0.1, 0.15) is 0 Å². The molecule has 0 aliphatic rings. The molecule has 0 amide bonds. The van der Waals surface area contributed by atoms with Gasteiger partial charge in [0.25, 0.3) is 0 Å². The Kier molecular flexibility index (Phi) is 5.77. The van der Waals surface area contributed by atoms with Crippen molar-refractivity contribution in [3.63, 3.8) is 0 Å². The number of oxime groups is 1. The summed E-state index contributed by atoms with van der Waals surface area (Å²) >= 11 is 0. The molecule has 0 aliphatic carbocycles.